The summed E-state index contributed by atoms with van der Waals surface area (Å²) in [6, 6.07) is 0.276. The number of nitrogens with zero attached hydrogens (tertiary/aromatic N) is 5. The fourth-order valence-electron chi connectivity index (χ4n) is 4.83. The fraction of sp³-hybridized carbons (Fsp3) is 0.750. The van der Waals surface area contributed by atoms with Crippen LogP contribution in [0, 0.1) is 17.8 Å². The summed E-state index contributed by atoms with van der Waals surface area (Å²) in [5, 5.41) is 12.0. The summed E-state index contributed by atoms with van der Waals surface area (Å²) in [7, 11) is 1.70. The van der Waals surface area contributed by atoms with Crippen molar-refractivity contribution >= 4 is 11.3 Å². The monoisotopic (exact) mass is 403 g/mol. The van der Waals surface area contributed by atoms with Gasteiger partial charge in [0.1, 0.15) is 10.7 Å². The lowest BCUT2D eigenvalue weighted by molar-refractivity contribution is -0.0376. The lowest BCUT2D eigenvalue weighted by Gasteiger charge is -2.37. The Balaban J connectivity index is 1.28. The molecule has 2 aromatic heterocycles. The van der Waals surface area contributed by atoms with Gasteiger partial charge in [-0.2, -0.15) is 0 Å². The van der Waals surface area contributed by atoms with Crippen molar-refractivity contribution in [3.05, 3.63) is 28.5 Å². The number of likely N-dealkylation sites (tertiary alicyclic amines) is 1. The van der Waals surface area contributed by atoms with Gasteiger partial charge in [0.25, 0.3) is 0 Å². The molecule has 3 fully saturated rings. The molecule has 1 aliphatic heterocycles. The summed E-state index contributed by atoms with van der Waals surface area (Å²) >= 11 is 1.75. The molecule has 152 valence electrons. The maximum Gasteiger partial charge on any atom is 0.108 e. The van der Waals surface area contributed by atoms with Crippen molar-refractivity contribution in [3.63, 3.8) is 0 Å². The van der Waals surface area contributed by atoms with Gasteiger partial charge in [0.15, 0.2) is 0 Å². The van der Waals surface area contributed by atoms with Crippen LogP contribution in [0.3, 0.4) is 0 Å². The number of hydrogen-bond donors (Lipinski definition) is 0. The molecule has 0 amide bonds. The molecule has 3 heterocycles. The SMILES string of the molecule is COCc1cn([C@@H]2C[C@@H]3CN(Cc4nccs4)C[C@@H]3C[C@H]2OCC2CC2)nn1. The van der Waals surface area contributed by atoms with E-state index >= 15 is 0 Å². The number of aromatic nitrogens is 4. The first-order chi connectivity index (χ1) is 13.8. The summed E-state index contributed by atoms with van der Waals surface area (Å²) in [5.41, 5.74) is 0.891. The van der Waals surface area contributed by atoms with Gasteiger partial charge in [-0.15, -0.1) is 16.4 Å². The van der Waals surface area contributed by atoms with Crippen molar-refractivity contribution in [2.24, 2.45) is 17.8 Å². The van der Waals surface area contributed by atoms with Crippen LogP contribution in [0.25, 0.3) is 0 Å². The van der Waals surface area contributed by atoms with E-state index in [0.717, 1.165) is 50.7 Å². The third-order valence-corrected chi connectivity index (χ3v) is 7.20. The van der Waals surface area contributed by atoms with Gasteiger partial charge in [-0.3, -0.25) is 4.90 Å². The van der Waals surface area contributed by atoms with Crippen molar-refractivity contribution in [3.8, 4) is 0 Å². The molecule has 1 saturated heterocycles. The molecular weight excluding hydrogens is 374 g/mol. The molecule has 0 unspecified atom stereocenters. The van der Waals surface area contributed by atoms with Gasteiger partial charge >= 0.3 is 0 Å². The molecule has 5 rings (SSSR count). The van der Waals surface area contributed by atoms with E-state index < -0.39 is 0 Å². The zero-order chi connectivity index (χ0) is 18.9. The first-order valence-electron chi connectivity index (χ1n) is 10.4. The van der Waals surface area contributed by atoms with Gasteiger partial charge in [0.2, 0.25) is 0 Å². The lowest BCUT2D eigenvalue weighted by Crippen LogP contribution is -2.38. The van der Waals surface area contributed by atoms with Crippen LogP contribution >= 0.6 is 11.3 Å². The number of methoxy groups -OCH3 is 1. The standard InChI is InChI=1S/C20H29N5O2S/c1-26-13-17-10-25(23-22-17)18-6-15-8-24(11-20-21-4-5-28-20)9-16(15)7-19(18)27-12-14-2-3-14/h4-5,10,14-16,18-19H,2-3,6-9,11-13H2,1H3/t15-,16+,18-,19-/m1/s1. The Hall–Kier alpha value is -1.35. The molecule has 2 saturated carbocycles. The van der Waals surface area contributed by atoms with E-state index in [0.29, 0.717) is 18.4 Å². The second-order valence-corrected chi connectivity index (χ2v) is 9.60. The Morgan fingerprint density at radius 2 is 2.07 bits per heavy atom. The molecule has 0 aromatic carbocycles. The molecule has 0 radical (unpaired) electrons. The molecule has 3 aliphatic rings. The Bertz CT molecular complexity index is 762. The maximum absolute atomic E-state index is 6.44. The molecule has 7 nitrogen and oxygen atoms in total. The van der Waals surface area contributed by atoms with Crippen LogP contribution in [0.2, 0.25) is 0 Å². The minimum atomic E-state index is 0.235. The molecule has 2 aromatic rings. The van der Waals surface area contributed by atoms with Crippen LogP contribution in [-0.2, 0) is 22.6 Å². The van der Waals surface area contributed by atoms with Gasteiger partial charge in [-0.1, -0.05) is 5.21 Å². The van der Waals surface area contributed by atoms with Crippen LogP contribution in [0.1, 0.15) is 42.4 Å². The molecule has 0 bridgehead atoms. The van der Waals surface area contributed by atoms with Crippen molar-refractivity contribution in [1.29, 1.82) is 0 Å². The molecule has 4 atom stereocenters. The molecule has 2 aliphatic carbocycles. The van der Waals surface area contributed by atoms with E-state index in [1.807, 2.05) is 17.1 Å². The number of ether oxygens (including phenoxy) is 2. The van der Waals surface area contributed by atoms with Gasteiger partial charge in [0.05, 0.1) is 31.5 Å². The summed E-state index contributed by atoms with van der Waals surface area (Å²) in [4.78, 5) is 7.04. The first-order valence-corrected chi connectivity index (χ1v) is 11.3. The van der Waals surface area contributed by atoms with E-state index in [-0.39, 0.29) is 12.1 Å². The average molecular weight is 404 g/mol. The van der Waals surface area contributed by atoms with E-state index in [4.69, 9.17) is 9.47 Å². The fourth-order valence-corrected chi connectivity index (χ4v) is 5.49. The van der Waals surface area contributed by atoms with E-state index in [1.165, 1.54) is 17.8 Å². The molecular formula is C20H29N5O2S. The Labute approximate surface area is 170 Å². The third-order valence-electron chi connectivity index (χ3n) is 6.44. The van der Waals surface area contributed by atoms with Crippen molar-refractivity contribution in [1.82, 2.24) is 24.9 Å². The van der Waals surface area contributed by atoms with Crippen LogP contribution in [0.4, 0.5) is 0 Å². The smallest absolute Gasteiger partial charge is 0.108 e. The number of hydrogen-bond acceptors (Lipinski definition) is 7. The molecule has 0 spiro atoms. The predicted molar refractivity (Wildman–Crippen MR) is 106 cm³/mol. The van der Waals surface area contributed by atoms with Crippen molar-refractivity contribution in [2.75, 3.05) is 26.8 Å². The minimum absolute atomic E-state index is 0.235. The topological polar surface area (TPSA) is 65.3 Å². The Morgan fingerprint density at radius 3 is 2.82 bits per heavy atom. The van der Waals surface area contributed by atoms with E-state index in [1.54, 1.807) is 18.4 Å². The lowest BCUT2D eigenvalue weighted by atomic mass is 9.77. The van der Waals surface area contributed by atoms with Crippen LogP contribution < -0.4 is 0 Å². The van der Waals surface area contributed by atoms with E-state index in [2.05, 4.69) is 25.6 Å². The normalized spacial score (nSPS) is 30.6. The van der Waals surface area contributed by atoms with Crippen molar-refractivity contribution < 1.29 is 9.47 Å². The van der Waals surface area contributed by atoms with Gasteiger partial charge in [0, 0.05) is 38.4 Å². The highest BCUT2D eigenvalue weighted by molar-refractivity contribution is 7.09. The first kappa shape index (κ1) is 18.7. The highest BCUT2D eigenvalue weighted by atomic mass is 32.1. The second-order valence-electron chi connectivity index (χ2n) is 8.62. The summed E-state index contributed by atoms with van der Waals surface area (Å²) < 4.78 is 13.7. The van der Waals surface area contributed by atoms with Gasteiger partial charge < -0.3 is 9.47 Å². The number of rotatable bonds is 8. The predicted octanol–water partition coefficient (Wildman–Crippen LogP) is 2.76. The summed E-state index contributed by atoms with van der Waals surface area (Å²) in [5.74, 6) is 2.19. The van der Waals surface area contributed by atoms with Gasteiger partial charge in [-0.05, 0) is 43.4 Å². The highest BCUT2D eigenvalue weighted by Crippen LogP contribution is 2.43. The van der Waals surface area contributed by atoms with Crippen LogP contribution in [0.5, 0.6) is 0 Å². The van der Waals surface area contributed by atoms with Gasteiger partial charge in [-0.25, -0.2) is 9.67 Å². The van der Waals surface area contributed by atoms with Crippen molar-refractivity contribution in [2.45, 2.75) is 51.0 Å². The third kappa shape index (κ3) is 4.15. The summed E-state index contributed by atoms with van der Waals surface area (Å²) in [6.07, 6.45) is 9.07. The largest absolute Gasteiger partial charge is 0.378 e. The zero-order valence-electron chi connectivity index (χ0n) is 16.4. The molecule has 28 heavy (non-hydrogen) atoms. The Morgan fingerprint density at radius 1 is 1.21 bits per heavy atom. The molecule has 8 heteroatoms. The Kier molecular flexibility index (Phi) is 5.45. The second kappa shape index (κ2) is 8.18. The van der Waals surface area contributed by atoms with E-state index in [9.17, 15) is 0 Å². The highest BCUT2D eigenvalue weighted by Gasteiger charge is 2.44. The minimum Gasteiger partial charge on any atom is -0.378 e. The maximum atomic E-state index is 6.44. The number of fused-ring (bicyclic) bond motifs is 1. The number of thiazole rings is 1. The zero-order valence-corrected chi connectivity index (χ0v) is 17.3. The quantitative estimate of drug-likeness (QED) is 0.675. The average Bonchev–Trinajstić information content (AvgIpc) is 3.07. The molecule has 0 N–H and O–H groups in total. The van der Waals surface area contributed by atoms with Crippen LogP contribution in [-0.4, -0.2) is 57.8 Å². The summed E-state index contributed by atoms with van der Waals surface area (Å²) in [6.45, 7) is 4.70. The van der Waals surface area contributed by atoms with Crippen LogP contribution in [0.15, 0.2) is 17.8 Å².